The number of fused-ring (bicyclic) bond motifs is 1. The van der Waals surface area contributed by atoms with Gasteiger partial charge in [-0.15, -0.1) is 0 Å². The van der Waals surface area contributed by atoms with Gasteiger partial charge in [0.1, 0.15) is 19.0 Å². The van der Waals surface area contributed by atoms with E-state index >= 15 is 0 Å². The van der Waals surface area contributed by atoms with Crippen molar-refractivity contribution in [1.82, 2.24) is 14.8 Å². The number of aryl methyl sites for hydroxylation is 1. The Labute approximate surface area is 233 Å². The maximum absolute atomic E-state index is 13.7. The number of benzene rings is 3. The topological polar surface area (TPSA) is 90.3 Å². The molecule has 10 heteroatoms. The quantitative estimate of drug-likeness (QED) is 0.253. The Hall–Kier alpha value is -3.82. The average Bonchev–Trinajstić information content (AvgIpc) is 3.37. The monoisotopic (exact) mass is 593 g/mol. The van der Waals surface area contributed by atoms with Crippen molar-refractivity contribution in [3.63, 3.8) is 0 Å². The Bertz CT molecular complexity index is 1530. The van der Waals surface area contributed by atoms with Gasteiger partial charge in [0.25, 0.3) is 5.91 Å². The summed E-state index contributed by atoms with van der Waals surface area (Å²) < 4.78 is 14.2. The molecule has 0 spiro atoms. The van der Waals surface area contributed by atoms with Gasteiger partial charge in [0.05, 0.1) is 17.2 Å². The molecule has 1 atom stereocenters. The first kappa shape index (κ1) is 25.8. The minimum Gasteiger partial charge on any atom is -0.493 e. The summed E-state index contributed by atoms with van der Waals surface area (Å²) in [5, 5.41) is 11.3. The van der Waals surface area contributed by atoms with Crippen molar-refractivity contribution >= 4 is 45.1 Å². The van der Waals surface area contributed by atoms with E-state index in [1.807, 2.05) is 74.5 Å². The Balaban J connectivity index is 1.51. The summed E-state index contributed by atoms with van der Waals surface area (Å²) in [4.78, 5) is 18.0. The van der Waals surface area contributed by atoms with Crippen molar-refractivity contribution < 1.29 is 14.3 Å². The zero-order valence-electron chi connectivity index (χ0n) is 21.0. The van der Waals surface area contributed by atoms with E-state index in [9.17, 15) is 4.79 Å². The van der Waals surface area contributed by atoms with Crippen molar-refractivity contribution in [2.45, 2.75) is 26.5 Å². The fraction of sp³-hybridized carbons (Fsp3) is 0.179. The highest BCUT2D eigenvalue weighted by Crippen LogP contribution is 2.43. The van der Waals surface area contributed by atoms with Crippen molar-refractivity contribution in [2.24, 2.45) is 0 Å². The zero-order chi connectivity index (χ0) is 26.8. The number of carbonyl (C=O) groups is 1. The summed E-state index contributed by atoms with van der Waals surface area (Å²) in [5.74, 6) is 1.36. The van der Waals surface area contributed by atoms with E-state index < -0.39 is 6.04 Å². The summed E-state index contributed by atoms with van der Waals surface area (Å²) in [6, 6.07) is 18.3. The number of carbonyl (C=O) groups excluding carboxylic acids is 1. The van der Waals surface area contributed by atoms with Crippen LogP contribution in [0.2, 0.25) is 5.02 Å². The van der Waals surface area contributed by atoms with Crippen LogP contribution in [0.25, 0.3) is 0 Å². The number of hydrogen-bond donors (Lipinski definition) is 2. The summed E-state index contributed by atoms with van der Waals surface area (Å²) in [5.41, 5.74) is 4.63. The predicted molar refractivity (Wildman–Crippen MR) is 151 cm³/mol. The maximum atomic E-state index is 13.7. The van der Waals surface area contributed by atoms with Crippen LogP contribution in [-0.2, 0) is 11.4 Å². The highest BCUT2D eigenvalue weighted by atomic mass is 79.9. The van der Waals surface area contributed by atoms with Gasteiger partial charge in [0.2, 0.25) is 5.95 Å². The van der Waals surface area contributed by atoms with Gasteiger partial charge in [-0.05, 0) is 76.8 Å². The number of aromatic nitrogens is 3. The van der Waals surface area contributed by atoms with Gasteiger partial charge >= 0.3 is 0 Å². The van der Waals surface area contributed by atoms with Crippen LogP contribution in [0.15, 0.2) is 82.7 Å². The molecule has 8 nitrogen and oxygen atoms in total. The minimum absolute atomic E-state index is 0.242. The number of allylic oxidation sites excluding steroid dienone is 1. The van der Waals surface area contributed by atoms with Gasteiger partial charge in [-0.25, -0.2) is 4.68 Å². The van der Waals surface area contributed by atoms with Crippen molar-refractivity contribution in [3.05, 3.63) is 104 Å². The van der Waals surface area contributed by atoms with Crippen LogP contribution in [0.1, 0.15) is 29.7 Å². The molecule has 1 aliphatic heterocycles. The smallest absolute Gasteiger partial charge is 0.255 e. The molecule has 4 aromatic rings. The molecule has 194 valence electrons. The first-order valence-corrected chi connectivity index (χ1v) is 13.0. The lowest BCUT2D eigenvalue weighted by Crippen LogP contribution is -2.31. The number of para-hydroxylation sites is 1. The summed E-state index contributed by atoms with van der Waals surface area (Å²) in [7, 11) is 1.58. The molecule has 5 rings (SSSR count). The number of methoxy groups -OCH3 is 1. The molecule has 2 heterocycles. The normalized spacial score (nSPS) is 14.5. The summed E-state index contributed by atoms with van der Waals surface area (Å²) in [6.07, 6.45) is 1.46. The maximum Gasteiger partial charge on any atom is 0.255 e. The molecule has 0 saturated heterocycles. The molecule has 38 heavy (non-hydrogen) atoms. The van der Waals surface area contributed by atoms with Crippen LogP contribution in [0.4, 0.5) is 11.6 Å². The van der Waals surface area contributed by atoms with Gasteiger partial charge in [-0.2, -0.15) is 10.1 Å². The second-order valence-electron chi connectivity index (χ2n) is 8.81. The lowest BCUT2D eigenvalue weighted by molar-refractivity contribution is -0.113. The molecule has 0 radical (unpaired) electrons. The first-order chi connectivity index (χ1) is 18.4. The molecule has 1 aliphatic rings. The highest BCUT2D eigenvalue weighted by molar-refractivity contribution is 9.10. The highest BCUT2D eigenvalue weighted by Gasteiger charge is 2.34. The molecule has 1 unspecified atom stereocenters. The molecular formula is C28H25BrClN5O3. The minimum atomic E-state index is -0.562. The molecule has 2 N–H and O–H groups in total. The van der Waals surface area contributed by atoms with Crippen molar-refractivity contribution in [2.75, 3.05) is 17.7 Å². The van der Waals surface area contributed by atoms with Crippen LogP contribution in [-0.4, -0.2) is 27.8 Å². The number of rotatable bonds is 7. The molecular weight excluding hydrogens is 570 g/mol. The van der Waals surface area contributed by atoms with Gasteiger partial charge < -0.3 is 20.1 Å². The number of amides is 1. The fourth-order valence-electron chi connectivity index (χ4n) is 4.37. The molecule has 0 fully saturated rings. The van der Waals surface area contributed by atoms with E-state index in [0.717, 1.165) is 22.4 Å². The number of anilines is 2. The van der Waals surface area contributed by atoms with Crippen LogP contribution < -0.4 is 20.1 Å². The van der Waals surface area contributed by atoms with Gasteiger partial charge in [-0.1, -0.05) is 41.9 Å². The number of nitrogens with one attached hydrogen (secondary N) is 2. The van der Waals surface area contributed by atoms with E-state index in [1.165, 1.54) is 6.33 Å². The van der Waals surface area contributed by atoms with E-state index in [2.05, 4.69) is 36.6 Å². The van der Waals surface area contributed by atoms with Gasteiger partial charge in [0.15, 0.2) is 11.5 Å². The van der Waals surface area contributed by atoms with Crippen LogP contribution in [0.5, 0.6) is 11.5 Å². The van der Waals surface area contributed by atoms with E-state index in [0.29, 0.717) is 44.8 Å². The zero-order valence-corrected chi connectivity index (χ0v) is 23.3. The number of ether oxygens (including phenoxy) is 2. The molecule has 0 saturated carbocycles. The van der Waals surface area contributed by atoms with Gasteiger partial charge in [-0.3, -0.25) is 4.79 Å². The third kappa shape index (κ3) is 5.12. The largest absolute Gasteiger partial charge is 0.493 e. The summed E-state index contributed by atoms with van der Waals surface area (Å²) in [6.45, 7) is 4.14. The van der Waals surface area contributed by atoms with Crippen molar-refractivity contribution in [1.29, 1.82) is 0 Å². The number of nitrogens with zero attached hydrogens (tertiary/aromatic N) is 3. The summed E-state index contributed by atoms with van der Waals surface area (Å²) >= 11 is 9.65. The SMILES string of the molecule is COc1cc(C2C(C(=O)Nc3ccccc3C)=C(C)Nc3ncnn32)cc(Br)c1OCc1ccc(Cl)cc1. The fourth-order valence-corrected chi connectivity index (χ4v) is 5.07. The number of hydrogen-bond acceptors (Lipinski definition) is 6. The van der Waals surface area contributed by atoms with Crippen LogP contribution in [0.3, 0.4) is 0 Å². The average molecular weight is 595 g/mol. The first-order valence-electron chi connectivity index (χ1n) is 11.8. The van der Waals surface area contributed by atoms with E-state index in [-0.39, 0.29) is 5.91 Å². The Morgan fingerprint density at radius 2 is 1.92 bits per heavy atom. The molecule has 0 aliphatic carbocycles. The molecule has 3 aromatic carbocycles. The molecule has 1 aromatic heterocycles. The van der Waals surface area contributed by atoms with Crippen LogP contribution >= 0.6 is 27.5 Å². The van der Waals surface area contributed by atoms with Crippen LogP contribution in [0, 0.1) is 6.92 Å². The molecule has 1 amide bonds. The third-order valence-corrected chi connectivity index (χ3v) is 7.14. The third-order valence-electron chi connectivity index (χ3n) is 6.30. The lowest BCUT2D eigenvalue weighted by Gasteiger charge is -2.29. The Morgan fingerprint density at radius 3 is 2.66 bits per heavy atom. The van der Waals surface area contributed by atoms with Gasteiger partial charge in [0, 0.05) is 16.4 Å². The second-order valence-corrected chi connectivity index (χ2v) is 10.1. The van der Waals surface area contributed by atoms with E-state index in [1.54, 1.807) is 11.8 Å². The number of halogens is 2. The van der Waals surface area contributed by atoms with E-state index in [4.69, 9.17) is 21.1 Å². The Kier molecular flexibility index (Phi) is 7.40. The standard InChI is InChI=1S/C28H25BrClN5O3/c1-16-6-4-5-7-22(16)34-27(36)24-17(2)33-28-31-15-32-35(28)25(24)19-12-21(29)26(23(13-19)37-3)38-14-18-8-10-20(30)11-9-18/h4-13,15,25H,14H2,1-3H3,(H,34,36)(H,31,32,33). The van der Waals surface area contributed by atoms with Crippen molar-refractivity contribution in [3.8, 4) is 11.5 Å². The second kappa shape index (κ2) is 10.9. The molecule has 0 bridgehead atoms. The lowest BCUT2D eigenvalue weighted by atomic mass is 9.94. The Morgan fingerprint density at radius 1 is 1.16 bits per heavy atom. The predicted octanol–water partition coefficient (Wildman–Crippen LogP) is 6.52.